The lowest BCUT2D eigenvalue weighted by atomic mass is 9.94. The lowest BCUT2D eigenvalue weighted by molar-refractivity contribution is -0.210. The first-order chi connectivity index (χ1) is 22.5. The lowest BCUT2D eigenvalue weighted by Crippen LogP contribution is -2.78. The molecule has 1 unspecified atom stereocenters. The van der Waals surface area contributed by atoms with Gasteiger partial charge in [-0.15, -0.1) is 0 Å². The Bertz CT molecular complexity index is 1830. The molecular weight excluding hydrogens is 621 g/mol. The van der Waals surface area contributed by atoms with E-state index in [0.29, 0.717) is 12.0 Å². The number of fused-ring (bicyclic) bond motifs is 2. The summed E-state index contributed by atoms with van der Waals surface area (Å²) < 4.78 is 16.0. The Morgan fingerprint density at radius 3 is 2.40 bits per heavy atom. The largest absolute Gasteiger partial charge is 0.524 e. The molecule has 0 aliphatic carbocycles. The van der Waals surface area contributed by atoms with Crippen molar-refractivity contribution in [3.05, 3.63) is 108 Å². The minimum absolute atomic E-state index is 0.0282. The fraction of sp³-hybridized carbons (Fsp3) is 0.294. The highest BCUT2D eigenvalue weighted by Crippen LogP contribution is 2.38. The Kier molecular flexibility index (Phi) is 9.11. The smallest absolute Gasteiger partial charge is 0.404 e. The molecule has 3 amide bonds. The quantitative estimate of drug-likeness (QED) is 0.259. The molecule has 3 aromatic carbocycles. The summed E-state index contributed by atoms with van der Waals surface area (Å²) in [6, 6.07) is 23.9. The van der Waals surface area contributed by atoms with Gasteiger partial charge in [0.05, 0.1) is 18.1 Å². The van der Waals surface area contributed by atoms with Gasteiger partial charge < -0.3 is 14.3 Å². The lowest BCUT2D eigenvalue weighted by Gasteiger charge is -2.57. The standard InChI is InChI=1S/C34H36N5O7P/c1-23-33-38(31(41)22-36(2)39(33)30(40)18-15-24-8-4-3-5-9-24)29(20-25-13-16-28(17-14-25)46-47(43,44)45)34(42)37(23)21-27-11-6-10-26-12-7-19-35-32(26)27/h3-14,16-17,19,23,29,33H,15,18,20-22H2,1-2H3,(H2,43,44,45)/t23-,29-,33?/m0/s1. The molecule has 2 aliphatic rings. The Labute approximate surface area is 272 Å². The van der Waals surface area contributed by atoms with E-state index in [9.17, 15) is 28.7 Å². The fourth-order valence-electron chi connectivity index (χ4n) is 6.57. The van der Waals surface area contributed by atoms with E-state index in [1.807, 2.05) is 67.6 Å². The number of likely N-dealkylation sites (N-methyl/N-ethyl adjacent to an activating group) is 1. The zero-order valence-electron chi connectivity index (χ0n) is 26.0. The summed E-state index contributed by atoms with van der Waals surface area (Å²) in [4.78, 5) is 68.5. The predicted octanol–water partition coefficient (Wildman–Crippen LogP) is 3.52. The number of phosphoric ester groups is 1. The third kappa shape index (κ3) is 6.91. The van der Waals surface area contributed by atoms with Crippen molar-refractivity contribution < 1.29 is 33.3 Å². The number of amides is 3. The number of aromatic nitrogens is 1. The average molecular weight is 658 g/mol. The van der Waals surface area contributed by atoms with Gasteiger partial charge in [-0.05, 0) is 48.2 Å². The topological polar surface area (TPSA) is 144 Å². The number of nitrogens with zero attached hydrogens (tertiary/aromatic N) is 5. The number of phosphoric acid groups is 1. The maximum atomic E-state index is 14.5. The average Bonchev–Trinajstić information content (AvgIpc) is 3.04. The molecule has 3 atom stereocenters. The Morgan fingerprint density at radius 1 is 0.957 bits per heavy atom. The summed E-state index contributed by atoms with van der Waals surface area (Å²) in [6.45, 7) is 2.00. The van der Waals surface area contributed by atoms with Crippen molar-refractivity contribution >= 4 is 36.4 Å². The van der Waals surface area contributed by atoms with Crippen LogP contribution in [0.25, 0.3) is 10.9 Å². The summed E-state index contributed by atoms with van der Waals surface area (Å²) in [5.41, 5.74) is 3.28. The maximum Gasteiger partial charge on any atom is 0.524 e. The van der Waals surface area contributed by atoms with E-state index in [-0.39, 0.29) is 49.4 Å². The van der Waals surface area contributed by atoms with Crippen LogP contribution in [-0.4, -0.2) is 84.2 Å². The molecule has 6 rings (SSSR count). The molecule has 47 heavy (non-hydrogen) atoms. The van der Waals surface area contributed by atoms with Crippen molar-refractivity contribution in [2.24, 2.45) is 0 Å². The van der Waals surface area contributed by atoms with Crippen LogP contribution < -0.4 is 4.52 Å². The number of piperazine rings is 1. The first-order valence-electron chi connectivity index (χ1n) is 15.4. The van der Waals surface area contributed by atoms with Gasteiger partial charge in [0, 0.05) is 38.0 Å². The highest BCUT2D eigenvalue weighted by atomic mass is 31.2. The van der Waals surface area contributed by atoms with Crippen LogP contribution in [0.4, 0.5) is 0 Å². The Hall–Kier alpha value is -4.61. The number of carbonyl (C=O) groups excluding carboxylic acids is 3. The van der Waals surface area contributed by atoms with Crippen LogP contribution in [0.1, 0.15) is 30.0 Å². The minimum atomic E-state index is -4.75. The van der Waals surface area contributed by atoms with Crippen LogP contribution >= 0.6 is 7.82 Å². The van der Waals surface area contributed by atoms with E-state index < -0.39 is 26.1 Å². The van der Waals surface area contributed by atoms with Crippen LogP contribution in [-0.2, 0) is 38.3 Å². The van der Waals surface area contributed by atoms with Gasteiger partial charge in [-0.1, -0.05) is 66.7 Å². The summed E-state index contributed by atoms with van der Waals surface area (Å²) in [5.74, 6) is -0.737. The highest BCUT2D eigenvalue weighted by molar-refractivity contribution is 7.46. The van der Waals surface area contributed by atoms with Crippen molar-refractivity contribution in [3.63, 3.8) is 0 Å². The van der Waals surface area contributed by atoms with Crippen molar-refractivity contribution in [2.45, 2.75) is 51.0 Å². The molecular formula is C34H36N5O7P. The summed E-state index contributed by atoms with van der Waals surface area (Å²) >= 11 is 0. The molecule has 244 valence electrons. The molecule has 13 heteroatoms. The number of benzene rings is 3. The molecule has 4 aromatic rings. The van der Waals surface area contributed by atoms with Crippen LogP contribution in [0.2, 0.25) is 0 Å². The van der Waals surface area contributed by atoms with Gasteiger partial charge >= 0.3 is 7.82 Å². The summed E-state index contributed by atoms with van der Waals surface area (Å²) in [6.07, 6.45) is 1.79. The molecule has 2 fully saturated rings. The number of rotatable bonds is 9. The third-order valence-corrected chi connectivity index (χ3v) is 9.19. The second-order valence-corrected chi connectivity index (χ2v) is 13.1. The van der Waals surface area contributed by atoms with E-state index in [1.54, 1.807) is 45.2 Å². The van der Waals surface area contributed by atoms with Gasteiger partial charge in [0.2, 0.25) is 17.7 Å². The van der Waals surface area contributed by atoms with Crippen LogP contribution in [0.15, 0.2) is 91.1 Å². The zero-order chi connectivity index (χ0) is 33.3. The van der Waals surface area contributed by atoms with E-state index in [2.05, 4.69) is 9.51 Å². The number of hydrogen-bond donors (Lipinski definition) is 2. The van der Waals surface area contributed by atoms with Gasteiger partial charge in [0.1, 0.15) is 18.0 Å². The molecule has 2 saturated heterocycles. The van der Waals surface area contributed by atoms with Crippen LogP contribution in [0, 0.1) is 0 Å². The normalized spacial score (nSPS) is 20.4. The number of hydrazine groups is 1. The molecule has 12 nitrogen and oxygen atoms in total. The number of pyridine rings is 1. The zero-order valence-corrected chi connectivity index (χ0v) is 26.9. The molecule has 0 saturated carbocycles. The third-order valence-electron chi connectivity index (χ3n) is 8.74. The second-order valence-electron chi connectivity index (χ2n) is 11.9. The van der Waals surface area contributed by atoms with E-state index in [4.69, 9.17) is 0 Å². The van der Waals surface area contributed by atoms with Crippen molar-refractivity contribution in [2.75, 3.05) is 13.6 Å². The van der Waals surface area contributed by atoms with Crippen LogP contribution in [0.3, 0.4) is 0 Å². The van der Waals surface area contributed by atoms with Crippen molar-refractivity contribution in [3.8, 4) is 5.75 Å². The van der Waals surface area contributed by atoms with Gasteiger partial charge in [-0.25, -0.2) is 9.57 Å². The first kappa shape index (κ1) is 32.3. The van der Waals surface area contributed by atoms with Crippen molar-refractivity contribution in [1.29, 1.82) is 0 Å². The van der Waals surface area contributed by atoms with Gasteiger partial charge in [0.25, 0.3) is 0 Å². The number of aryl methyl sites for hydroxylation is 1. The van der Waals surface area contributed by atoms with E-state index in [1.165, 1.54) is 12.1 Å². The van der Waals surface area contributed by atoms with E-state index in [0.717, 1.165) is 22.0 Å². The fourth-order valence-corrected chi connectivity index (χ4v) is 6.97. The van der Waals surface area contributed by atoms with Crippen LogP contribution in [0.5, 0.6) is 5.75 Å². The number of hydrogen-bond acceptors (Lipinski definition) is 7. The molecule has 0 spiro atoms. The molecule has 0 bridgehead atoms. The molecule has 2 aliphatic heterocycles. The highest BCUT2D eigenvalue weighted by Gasteiger charge is 2.53. The first-order valence-corrected chi connectivity index (χ1v) is 16.9. The molecule has 2 N–H and O–H groups in total. The molecule has 0 radical (unpaired) electrons. The van der Waals surface area contributed by atoms with Gasteiger partial charge in [-0.3, -0.25) is 34.2 Å². The van der Waals surface area contributed by atoms with E-state index >= 15 is 0 Å². The molecule has 3 heterocycles. The predicted molar refractivity (Wildman–Crippen MR) is 173 cm³/mol. The van der Waals surface area contributed by atoms with Gasteiger partial charge in [0.15, 0.2) is 0 Å². The summed E-state index contributed by atoms with van der Waals surface area (Å²) in [7, 11) is -3.04. The summed E-state index contributed by atoms with van der Waals surface area (Å²) in [5, 5.41) is 4.20. The number of para-hydroxylation sites is 1. The maximum absolute atomic E-state index is 14.5. The second kappa shape index (κ2) is 13.2. The van der Waals surface area contributed by atoms with Gasteiger partial charge in [-0.2, -0.15) is 0 Å². The monoisotopic (exact) mass is 657 g/mol. The SMILES string of the molecule is C[C@H]1C2N(C(=O)CN(C)N2C(=O)CCc2ccccc2)[C@@H](Cc2ccc(OP(=O)(O)O)cc2)C(=O)N1Cc1cccc2cccnc12. The Balaban J connectivity index is 1.36. The van der Waals surface area contributed by atoms with Crippen molar-refractivity contribution in [1.82, 2.24) is 24.8 Å². The molecule has 1 aromatic heterocycles. The minimum Gasteiger partial charge on any atom is -0.404 e. The number of carbonyl (C=O) groups is 3. The Morgan fingerprint density at radius 2 is 1.68 bits per heavy atom.